The summed E-state index contributed by atoms with van der Waals surface area (Å²) in [5, 5.41) is 0. The Kier molecular flexibility index (Phi) is 8.53. The third-order valence-electron chi connectivity index (χ3n) is 2.77. The molecule has 0 amide bonds. The summed E-state index contributed by atoms with van der Waals surface area (Å²) in [5.74, 6) is 0. The van der Waals surface area contributed by atoms with Crippen molar-refractivity contribution >= 4 is 0 Å². The van der Waals surface area contributed by atoms with Crippen LogP contribution >= 0.6 is 0 Å². The van der Waals surface area contributed by atoms with Gasteiger partial charge in [0.15, 0.2) is 0 Å². The van der Waals surface area contributed by atoms with E-state index in [9.17, 15) is 0 Å². The third-order valence-corrected chi connectivity index (χ3v) is 2.77. The molecule has 13 heavy (non-hydrogen) atoms. The quantitative estimate of drug-likeness (QED) is 0.521. The minimum absolute atomic E-state index is 0.775. The zero-order valence-electron chi connectivity index (χ0n) is 9.97. The van der Waals surface area contributed by atoms with Gasteiger partial charge in [0.2, 0.25) is 0 Å². The summed E-state index contributed by atoms with van der Waals surface area (Å²) in [4.78, 5) is 2.63. The average Bonchev–Trinajstić information content (AvgIpc) is 2.16. The second kappa shape index (κ2) is 8.55. The molecule has 0 fully saturated rings. The Labute approximate surface area is 84.5 Å². The van der Waals surface area contributed by atoms with Crippen LogP contribution < -0.4 is 0 Å². The van der Waals surface area contributed by atoms with Crippen LogP contribution in [0.4, 0.5) is 0 Å². The van der Waals surface area contributed by atoms with Crippen molar-refractivity contribution in [3.05, 3.63) is 0 Å². The van der Waals surface area contributed by atoms with E-state index in [0.717, 1.165) is 6.04 Å². The van der Waals surface area contributed by atoms with Gasteiger partial charge >= 0.3 is 0 Å². The lowest BCUT2D eigenvalue weighted by Crippen LogP contribution is -2.34. The highest BCUT2D eigenvalue weighted by Gasteiger charge is 2.09. The number of unbranched alkanes of at least 4 members (excludes halogenated alkanes) is 2. The predicted molar refractivity (Wildman–Crippen MR) is 61.1 cm³/mol. The first-order valence-electron chi connectivity index (χ1n) is 6.00. The maximum atomic E-state index is 2.63. The summed E-state index contributed by atoms with van der Waals surface area (Å²) in [6.45, 7) is 11.8. The molecule has 0 bridgehead atoms. The van der Waals surface area contributed by atoms with Crippen molar-refractivity contribution in [2.45, 2.75) is 65.8 Å². The molecule has 1 unspecified atom stereocenters. The number of hydrogen-bond acceptors (Lipinski definition) is 1. The zero-order chi connectivity index (χ0) is 10.1. The van der Waals surface area contributed by atoms with Crippen molar-refractivity contribution in [2.75, 3.05) is 13.1 Å². The lowest BCUT2D eigenvalue weighted by Gasteiger charge is -2.27. The summed E-state index contributed by atoms with van der Waals surface area (Å²) in [6, 6.07) is 0.775. The third kappa shape index (κ3) is 6.09. The molecule has 0 N–H and O–H groups in total. The van der Waals surface area contributed by atoms with E-state index >= 15 is 0 Å². The molecule has 0 saturated heterocycles. The van der Waals surface area contributed by atoms with E-state index in [1.54, 1.807) is 0 Å². The highest BCUT2D eigenvalue weighted by molar-refractivity contribution is 4.64. The van der Waals surface area contributed by atoms with E-state index in [1.807, 2.05) is 0 Å². The van der Waals surface area contributed by atoms with Gasteiger partial charge < -0.3 is 4.90 Å². The molecule has 0 rings (SSSR count). The van der Waals surface area contributed by atoms with E-state index in [4.69, 9.17) is 0 Å². The molecule has 1 nitrogen and oxygen atoms in total. The fourth-order valence-corrected chi connectivity index (χ4v) is 1.66. The Hall–Kier alpha value is -0.0400. The van der Waals surface area contributed by atoms with Gasteiger partial charge in [-0.3, -0.25) is 0 Å². The van der Waals surface area contributed by atoms with Crippen LogP contribution in [0.15, 0.2) is 0 Å². The molecule has 80 valence electrons. The zero-order valence-corrected chi connectivity index (χ0v) is 9.97. The van der Waals surface area contributed by atoms with Gasteiger partial charge in [-0.1, -0.05) is 33.6 Å². The minimum Gasteiger partial charge on any atom is -0.301 e. The van der Waals surface area contributed by atoms with Crippen LogP contribution in [-0.4, -0.2) is 24.0 Å². The maximum Gasteiger partial charge on any atom is 0.00642 e. The summed E-state index contributed by atoms with van der Waals surface area (Å²) in [6.07, 6.45) is 6.67. The van der Waals surface area contributed by atoms with Gasteiger partial charge in [-0.25, -0.2) is 0 Å². The Morgan fingerprint density at radius 2 is 1.62 bits per heavy atom. The summed E-state index contributed by atoms with van der Waals surface area (Å²) in [7, 11) is 0. The molecule has 0 heterocycles. The molecule has 0 aliphatic heterocycles. The topological polar surface area (TPSA) is 3.24 Å². The molecule has 1 atom stereocenters. The molecule has 0 aromatic rings. The van der Waals surface area contributed by atoms with Crippen molar-refractivity contribution in [3.63, 3.8) is 0 Å². The first kappa shape index (κ1) is 13.0. The minimum atomic E-state index is 0.775. The number of hydrogen-bond donors (Lipinski definition) is 0. The van der Waals surface area contributed by atoms with Gasteiger partial charge in [0.1, 0.15) is 0 Å². The monoisotopic (exact) mass is 185 g/mol. The highest BCUT2D eigenvalue weighted by atomic mass is 15.1. The SMILES string of the molecule is CCCCCN(CCC)C(C)CC. The largest absolute Gasteiger partial charge is 0.301 e. The Morgan fingerprint density at radius 1 is 0.923 bits per heavy atom. The maximum absolute atomic E-state index is 2.63. The predicted octanol–water partition coefficient (Wildman–Crippen LogP) is 3.69. The molecule has 0 aliphatic carbocycles. The van der Waals surface area contributed by atoms with Crippen LogP contribution in [0.2, 0.25) is 0 Å². The van der Waals surface area contributed by atoms with Crippen molar-refractivity contribution in [1.82, 2.24) is 4.90 Å². The summed E-state index contributed by atoms with van der Waals surface area (Å²) < 4.78 is 0. The van der Waals surface area contributed by atoms with Gasteiger partial charge in [-0.05, 0) is 39.3 Å². The molecule has 0 radical (unpaired) electrons. The molecular formula is C12H27N. The Morgan fingerprint density at radius 3 is 2.08 bits per heavy atom. The van der Waals surface area contributed by atoms with Crippen LogP contribution in [0.5, 0.6) is 0 Å². The van der Waals surface area contributed by atoms with Gasteiger partial charge in [-0.15, -0.1) is 0 Å². The fraction of sp³-hybridized carbons (Fsp3) is 1.00. The van der Waals surface area contributed by atoms with E-state index < -0.39 is 0 Å². The second-order valence-electron chi connectivity index (χ2n) is 4.00. The number of rotatable bonds is 8. The van der Waals surface area contributed by atoms with Crippen LogP contribution in [0, 0.1) is 0 Å². The number of nitrogens with zero attached hydrogens (tertiary/aromatic N) is 1. The summed E-state index contributed by atoms with van der Waals surface area (Å²) >= 11 is 0. The van der Waals surface area contributed by atoms with E-state index in [-0.39, 0.29) is 0 Å². The lowest BCUT2D eigenvalue weighted by molar-refractivity contribution is 0.200. The van der Waals surface area contributed by atoms with Crippen molar-refractivity contribution in [1.29, 1.82) is 0 Å². The molecule has 0 saturated carbocycles. The average molecular weight is 185 g/mol. The van der Waals surface area contributed by atoms with Crippen molar-refractivity contribution in [3.8, 4) is 0 Å². The summed E-state index contributed by atoms with van der Waals surface area (Å²) in [5.41, 5.74) is 0. The van der Waals surface area contributed by atoms with Crippen LogP contribution in [0.25, 0.3) is 0 Å². The van der Waals surface area contributed by atoms with E-state index in [0.29, 0.717) is 0 Å². The highest BCUT2D eigenvalue weighted by Crippen LogP contribution is 2.07. The Bertz CT molecular complexity index is 101. The van der Waals surface area contributed by atoms with Crippen LogP contribution in [-0.2, 0) is 0 Å². The van der Waals surface area contributed by atoms with Crippen LogP contribution in [0.1, 0.15) is 59.8 Å². The van der Waals surface area contributed by atoms with Crippen molar-refractivity contribution in [2.24, 2.45) is 0 Å². The van der Waals surface area contributed by atoms with Gasteiger partial charge in [-0.2, -0.15) is 0 Å². The first-order chi connectivity index (χ1) is 6.26. The molecule has 0 aliphatic rings. The molecule has 0 aromatic heterocycles. The first-order valence-corrected chi connectivity index (χ1v) is 6.00. The van der Waals surface area contributed by atoms with Crippen molar-refractivity contribution < 1.29 is 0 Å². The molecule has 1 heteroatoms. The lowest BCUT2D eigenvalue weighted by atomic mass is 10.1. The smallest absolute Gasteiger partial charge is 0.00642 e. The van der Waals surface area contributed by atoms with E-state index in [2.05, 4.69) is 32.6 Å². The fourth-order valence-electron chi connectivity index (χ4n) is 1.66. The van der Waals surface area contributed by atoms with Gasteiger partial charge in [0, 0.05) is 6.04 Å². The van der Waals surface area contributed by atoms with Gasteiger partial charge in [0.25, 0.3) is 0 Å². The standard InChI is InChI=1S/C12H27N/c1-5-8-9-11-13(10-6-2)12(4)7-3/h12H,5-11H2,1-4H3. The van der Waals surface area contributed by atoms with Gasteiger partial charge in [0.05, 0.1) is 0 Å². The molecular weight excluding hydrogens is 158 g/mol. The molecule has 0 aromatic carbocycles. The normalized spacial score (nSPS) is 13.6. The Balaban J connectivity index is 3.65. The molecule has 0 spiro atoms. The second-order valence-corrected chi connectivity index (χ2v) is 4.00. The van der Waals surface area contributed by atoms with E-state index in [1.165, 1.54) is 45.2 Å². The van der Waals surface area contributed by atoms with Crippen LogP contribution in [0.3, 0.4) is 0 Å².